The molecule has 0 fully saturated rings. The highest BCUT2D eigenvalue weighted by molar-refractivity contribution is 9.10. The average Bonchev–Trinajstić information content (AvgIpc) is 2.28. The second kappa shape index (κ2) is 4.42. The summed E-state index contributed by atoms with van der Waals surface area (Å²) in [4.78, 5) is 22.8. The Morgan fingerprint density at radius 1 is 1.56 bits per heavy atom. The fourth-order valence-electron chi connectivity index (χ4n) is 1.32. The highest BCUT2D eigenvalue weighted by Gasteiger charge is 2.12. The lowest BCUT2D eigenvalue weighted by Crippen LogP contribution is -2.10. The molecule has 0 atom stereocenters. The van der Waals surface area contributed by atoms with Gasteiger partial charge in [0.1, 0.15) is 5.52 Å². The van der Waals surface area contributed by atoms with E-state index in [1.807, 2.05) is 6.26 Å². The van der Waals surface area contributed by atoms with Crippen molar-refractivity contribution in [3.8, 4) is 5.88 Å². The largest absolute Gasteiger partial charge is 0.479 e. The van der Waals surface area contributed by atoms with Crippen LogP contribution in [0.15, 0.2) is 20.6 Å². The van der Waals surface area contributed by atoms with Crippen molar-refractivity contribution in [3.63, 3.8) is 0 Å². The van der Waals surface area contributed by atoms with Crippen molar-refractivity contribution < 1.29 is 4.74 Å². The summed E-state index contributed by atoms with van der Waals surface area (Å²) < 4.78 is 5.68. The minimum absolute atomic E-state index is 0.207. The van der Waals surface area contributed by atoms with E-state index in [1.165, 1.54) is 25.1 Å². The zero-order chi connectivity index (χ0) is 11.7. The SMILES string of the molecule is COc1ncc(Br)c2c(=O)[nH]c(SC)nc12. The van der Waals surface area contributed by atoms with Crippen LogP contribution in [0.25, 0.3) is 10.9 Å². The van der Waals surface area contributed by atoms with Gasteiger partial charge >= 0.3 is 0 Å². The van der Waals surface area contributed by atoms with Gasteiger partial charge in [-0.25, -0.2) is 9.97 Å². The standard InChI is InChI=1S/C9H8BrN3O2S/c1-15-8-6-5(4(10)3-11-8)7(14)13-9(12-6)16-2/h3H,1-2H3,(H,12,13,14). The molecule has 2 aromatic heterocycles. The molecule has 7 heteroatoms. The number of nitrogens with zero attached hydrogens (tertiary/aromatic N) is 2. The number of pyridine rings is 1. The number of hydrogen-bond acceptors (Lipinski definition) is 5. The maximum Gasteiger partial charge on any atom is 0.260 e. The molecule has 1 N–H and O–H groups in total. The molecule has 0 unspecified atom stereocenters. The van der Waals surface area contributed by atoms with Crippen LogP contribution < -0.4 is 10.3 Å². The monoisotopic (exact) mass is 301 g/mol. The summed E-state index contributed by atoms with van der Waals surface area (Å²) >= 11 is 4.63. The molecular formula is C9H8BrN3O2S. The Morgan fingerprint density at radius 2 is 2.31 bits per heavy atom. The third-order valence-electron chi connectivity index (χ3n) is 2.02. The molecule has 16 heavy (non-hydrogen) atoms. The Labute approximate surface area is 104 Å². The number of fused-ring (bicyclic) bond motifs is 1. The molecular weight excluding hydrogens is 294 g/mol. The summed E-state index contributed by atoms with van der Waals surface area (Å²) in [6.45, 7) is 0. The average molecular weight is 302 g/mol. The van der Waals surface area contributed by atoms with Crippen LogP contribution in [0.1, 0.15) is 0 Å². The Bertz CT molecular complexity index is 599. The highest BCUT2D eigenvalue weighted by atomic mass is 79.9. The first-order valence-corrected chi connectivity index (χ1v) is 6.35. The van der Waals surface area contributed by atoms with Gasteiger partial charge in [0.25, 0.3) is 5.56 Å². The Kier molecular flexibility index (Phi) is 3.15. The van der Waals surface area contributed by atoms with Gasteiger partial charge in [-0.2, -0.15) is 0 Å². The molecule has 0 aliphatic rings. The molecule has 0 aromatic carbocycles. The highest BCUT2D eigenvalue weighted by Crippen LogP contribution is 2.25. The van der Waals surface area contributed by atoms with E-state index in [4.69, 9.17) is 4.74 Å². The minimum Gasteiger partial charge on any atom is -0.479 e. The van der Waals surface area contributed by atoms with Gasteiger partial charge in [0.2, 0.25) is 5.88 Å². The van der Waals surface area contributed by atoms with E-state index in [1.54, 1.807) is 0 Å². The van der Waals surface area contributed by atoms with Crippen LogP contribution in [-0.4, -0.2) is 28.3 Å². The molecule has 0 bridgehead atoms. The number of aromatic amines is 1. The lowest BCUT2D eigenvalue weighted by atomic mass is 10.3. The van der Waals surface area contributed by atoms with E-state index in [2.05, 4.69) is 30.9 Å². The minimum atomic E-state index is -0.207. The summed E-state index contributed by atoms with van der Waals surface area (Å²) in [6, 6.07) is 0. The molecule has 2 aromatic rings. The van der Waals surface area contributed by atoms with Gasteiger partial charge in [-0.1, -0.05) is 11.8 Å². The van der Waals surface area contributed by atoms with Crippen LogP contribution in [0.5, 0.6) is 5.88 Å². The molecule has 0 aliphatic carbocycles. The van der Waals surface area contributed by atoms with E-state index < -0.39 is 0 Å². The molecule has 0 radical (unpaired) electrons. The first-order valence-electron chi connectivity index (χ1n) is 4.34. The molecule has 0 saturated heterocycles. The Hall–Kier alpha value is -1.08. The van der Waals surface area contributed by atoms with Crippen LogP contribution in [0.4, 0.5) is 0 Å². The number of nitrogens with one attached hydrogen (secondary N) is 1. The second-order valence-electron chi connectivity index (χ2n) is 2.91. The van der Waals surface area contributed by atoms with Gasteiger partial charge in [0.15, 0.2) is 5.16 Å². The lowest BCUT2D eigenvalue weighted by molar-refractivity contribution is 0.402. The number of H-pyrrole nitrogens is 1. The first-order chi connectivity index (χ1) is 7.67. The predicted molar refractivity (Wildman–Crippen MR) is 66.2 cm³/mol. The molecule has 5 nitrogen and oxygen atoms in total. The van der Waals surface area contributed by atoms with Crippen molar-refractivity contribution in [2.75, 3.05) is 13.4 Å². The quantitative estimate of drug-likeness (QED) is 0.677. The summed E-state index contributed by atoms with van der Waals surface area (Å²) in [6.07, 6.45) is 3.36. The second-order valence-corrected chi connectivity index (χ2v) is 4.56. The van der Waals surface area contributed by atoms with Gasteiger partial charge < -0.3 is 9.72 Å². The first kappa shape index (κ1) is 11.4. The van der Waals surface area contributed by atoms with Gasteiger partial charge in [-0.3, -0.25) is 4.79 Å². The van der Waals surface area contributed by atoms with Crippen molar-refractivity contribution in [3.05, 3.63) is 21.0 Å². The summed E-state index contributed by atoms with van der Waals surface area (Å²) in [5, 5.41) is 0.986. The van der Waals surface area contributed by atoms with Crippen molar-refractivity contribution >= 4 is 38.6 Å². The topological polar surface area (TPSA) is 67.9 Å². The smallest absolute Gasteiger partial charge is 0.260 e. The molecule has 2 heterocycles. The van der Waals surface area contributed by atoms with Crippen LogP contribution in [0.2, 0.25) is 0 Å². The van der Waals surface area contributed by atoms with Crippen LogP contribution in [-0.2, 0) is 0 Å². The van der Waals surface area contributed by atoms with Gasteiger partial charge in [0, 0.05) is 6.20 Å². The number of ether oxygens (including phenoxy) is 1. The lowest BCUT2D eigenvalue weighted by Gasteiger charge is -2.05. The maximum absolute atomic E-state index is 11.8. The zero-order valence-electron chi connectivity index (χ0n) is 8.57. The van der Waals surface area contributed by atoms with E-state index in [0.717, 1.165) is 0 Å². The van der Waals surface area contributed by atoms with E-state index in [0.29, 0.717) is 26.4 Å². The van der Waals surface area contributed by atoms with E-state index in [-0.39, 0.29) is 5.56 Å². The van der Waals surface area contributed by atoms with Crippen molar-refractivity contribution in [1.82, 2.24) is 15.0 Å². The number of rotatable bonds is 2. The van der Waals surface area contributed by atoms with Gasteiger partial charge in [-0.15, -0.1) is 0 Å². The Balaban J connectivity index is 2.93. The maximum atomic E-state index is 11.8. The van der Waals surface area contributed by atoms with Crippen LogP contribution in [0.3, 0.4) is 0 Å². The van der Waals surface area contributed by atoms with E-state index in [9.17, 15) is 4.79 Å². The normalized spacial score (nSPS) is 10.7. The molecule has 2 rings (SSSR count). The van der Waals surface area contributed by atoms with Crippen molar-refractivity contribution in [2.45, 2.75) is 5.16 Å². The Morgan fingerprint density at radius 3 is 2.94 bits per heavy atom. The number of hydrogen-bond donors (Lipinski definition) is 1. The van der Waals surface area contributed by atoms with Crippen molar-refractivity contribution in [2.24, 2.45) is 0 Å². The molecule has 0 saturated carbocycles. The van der Waals surface area contributed by atoms with Crippen molar-refractivity contribution in [1.29, 1.82) is 0 Å². The molecule has 0 spiro atoms. The number of aromatic nitrogens is 3. The third-order valence-corrected chi connectivity index (χ3v) is 3.20. The zero-order valence-corrected chi connectivity index (χ0v) is 11.0. The summed E-state index contributed by atoms with van der Waals surface area (Å²) in [5.41, 5.74) is 0.256. The fraction of sp³-hybridized carbons (Fsp3) is 0.222. The third kappa shape index (κ3) is 1.80. The molecule has 0 amide bonds. The molecule has 84 valence electrons. The number of thioether (sulfide) groups is 1. The predicted octanol–water partition coefficient (Wildman–Crippen LogP) is 1.81. The number of halogens is 1. The van der Waals surface area contributed by atoms with Crippen LogP contribution in [0, 0.1) is 0 Å². The fourth-order valence-corrected chi connectivity index (χ4v) is 2.16. The van der Waals surface area contributed by atoms with E-state index >= 15 is 0 Å². The van der Waals surface area contributed by atoms with Gasteiger partial charge in [0.05, 0.1) is 17.0 Å². The summed E-state index contributed by atoms with van der Waals surface area (Å²) in [7, 11) is 1.50. The molecule has 0 aliphatic heterocycles. The van der Waals surface area contributed by atoms with Crippen LogP contribution >= 0.6 is 27.7 Å². The summed E-state index contributed by atoms with van der Waals surface area (Å²) in [5.74, 6) is 0.347. The van der Waals surface area contributed by atoms with Gasteiger partial charge in [-0.05, 0) is 22.2 Å². The number of methoxy groups -OCH3 is 1.